The molecule has 1 aromatic carbocycles. The van der Waals surface area contributed by atoms with Crippen molar-refractivity contribution in [3.05, 3.63) is 47.0 Å². The third-order valence-electron chi connectivity index (χ3n) is 2.52. The molecule has 2 rings (SSSR count). The highest BCUT2D eigenvalue weighted by Gasteiger charge is 2.08. The number of aromatic nitrogens is 3. The van der Waals surface area contributed by atoms with Crippen LogP contribution >= 0.6 is 0 Å². The van der Waals surface area contributed by atoms with Gasteiger partial charge in [0.05, 0.1) is 18.4 Å². The van der Waals surface area contributed by atoms with Crippen molar-refractivity contribution in [3.63, 3.8) is 0 Å². The summed E-state index contributed by atoms with van der Waals surface area (Å²) in [5.74, 6) is -0.301. The van der Waals surface area contributed by atoms with Crippen LogP contribution in [0.3, 0.4) is 0 Å². The third kappa shape index (κ3) is 3.03. The van der Waals surface area contributed by atoms with Gasteiger partial charge in [0.25, 0.3) is 0 Å². The zero-order chi connectivity index (χ0) is 13.7. The quantitative estimate of drug-likeness (QED) is 0.903. The molecule has 0 atom stereocenters. The Labute approximate surface area is 109 Å². The SMILES string of the molecule is N#CCn1nnc(CO)c1/C=C/c1ccc(F)cc1. The van der Waals surface area contributed by atoms with Crippen LogP contribution in [0.4, 0.5) is 4.39 Å². The molecule has 1 aromatic heterocycles. The second-order valence-electron chi connectivity index (χ2n) is 3.78. The highest BCUT2D eigenvalue weighted by molar-refractivity contribution is 5.68. The minimum Gasteiger partial charge on any atom is -0.390 e. The van der Waals surface area contributed by atoms with E-state index in [1.54, 1.807) is 24.3 Å². The van der Waals surface area contributed by atoms with Gasteiger partial charge in [-0.15, -0.1) is 5.10 Å². The zero-order valence-electron chi connectivity index (χ0n) is 9.99. The average molecular weight is 258 g/mol. The lowest BCUT2D eigenvalue weighted by molar-refractivity contribution is 0.276. The van der Waals surface area contributed by atoms with Crippen LogP contribution in [0.15, 0.2) is 24.3 Å². The first-order valence-corrected chi connectivity index (χ1v) is 5.58. The molecule has 0 aliphatic carbocycles. The molecule has 0 unspecified atom stereocenters. The van der Waals surface area contributed by atoms with Crippen molar-refractivity contribution in [2.75, 3.05) is 0 Å². The molecule has 0 spiro atoms. The van der Waals surface area contributed by atoms with Gasteiger partial charge in [0.2, 0.25) is 0 Å². The van der Waals surface area contributed by atoms with Gasteiger partial charge in [-0.3, -0.25) is 0 Å². The molecule has 1 N–H and O–H groups in total. The predicted octanol–water partition coefficient (Wildman–Crippen LogP) is 1.60. The minimum absolute atomic E-state index is 0.0517. The summed E-state index contributed by atoms with van der Waals surface area (Å²) < 4.78 is 14.2. The van der Waals surface area contributed by atoms with E-state index < -0.39 is 0 Å². The molecule has 2 aromatic rings. The van der Waals surface area contributed by atoms with Crippen LogP contribution in [-0.4, -0.2) is 20.1 Å². The van der Waals surface area contributed by atoms with Gasteiger partial charge in [-0.25, -0.2) is 9.07 Å². The van der Waals surface area contributed by atoms with Gasteiger partial charge in [-0.2, -0.15) is 5.26 Å². The maximum atomic E-state index is 12.8. The van der Waals surface area contributed by atoms with E-state index in [0.29, 0.717) is 11.4 Å². The monoisotopic (exact) mass is 258 g/mol. The molecule has 0 saturated carbocycles. The summed E-state index contributed by atoms with van der Waals surface area (Å²) in [4.78, 5) is 0. The molecule has 0 aliphatic heterocycles. The highest BCUT2D eigenvalue weighted by Crippen LogP contribution is 2.12. The standard InChI is InChI=1S/C13H11FN4O/c14-11-4-1-10(2-5-11)3-6-13-12(9-19)16-17-18(13)8-7-15/h1-6,19H,8-9H2/b6-3+. The molecular formula is C13H11FN4O. The largest absolute Gasteiger partial charge is 0.390 e. The van der Waals surface area contributed by atoms with Gasteiger partial charge in [-0.05, 0) is 23.8 Å². The number of hydrogen-bond donors (Lipinski definition) is 1. The number of nitriles is 1. The predicted molar refractivity (Wildman–Crippen MR) is 66.9 cm³/mol. The van der Waals surface area contributed by atoms with Crippen molar-refractivity contribution in [1.82, 2.24) is 15.0 Å². The molecule has 0 saturated heterocycles. The van der Waals surface area contributed by atoms with Crippen LogP contribution in [0.2, 0.25) is 0 Å². The fourth-order valence-corrected chi connectivity index (χ4v) is 1.58. The molecule has 0 amide bonds. The van der Waals surface area contributed by atoms with Crippen molar-refractivity contribution in [1.29, 1.82) is 5.26 Å². The molecular weight excluding hydrogens is 247 g/mol. The van der Waals surface area contributed by atoms with Gasteiger partial charge < -0.3 is 5.11 Å². The molecule has 0 aliphatic rings. The Hall–Kier alpha value is -2.52. The Kier molecular flexibility index (Phi) is 4.00. The van der Waals surface area contributed by atoms with E-state index in [-0.39, 0.29) is 19.0 Å². The van der Waals surface area contributed by atoms with Crippen molar-refractivity contribution in [2.24, 2.45) is 0 Å². The second-order valence-corrected chi connectivity index (χ2v) is 3.78. The Morgan fingerprint density at radius 1 is 1.32 bits per heavy atom. The lowest BCUT2D eigenvalue weighted by atomic mass is 10.2. The second kappa shape index (κ2) is 5.89. The summed E-state index contributed by atoms with van der Waals surface area (Å²) in [6.45, 7) is -0.204. The zero-order valence-corrected chi connectivity index (χ0v) is 9.99. The van der Waals surface area contributed by atoms with Gasteiger partial charge in [-0.1, -0.05) is 23.4 Å². The summed E-state index contributed by atoms with van der Waals surface area (Å²) in [5, 5.41) is 25.4. The minimum atomic E-state index is -0.301. The molecule has 1 heterocycles. The number of nitrogens with zero attached hydrogens (tertiary/aromatic N) is 4. The van der Waals surface area contributed by atoms with Crippen LogP contribution in [0.25, 0.3) is 12.2 Å². The first kappa shape index (κ1) is 12.9. The van der Waals surface area contributed by atoms with Gasteiger partial charge in [0.15, 0.2) is 0 Å². The molecule has 0 radical (unpaired) electrons. The van der Waals surface area contributed by atoms with Crippen LogP contribution in [0.1, 0.15) is 17.0 Å². The van der Waals surface area contributed by atoms with E-state index in [0.717, 1.165) is 5.56 Å². The first-order valence-electron chi connectivity index (χ1n) is 5.58. The van der Waals surface area contributed by atoms with Crippen LogP contribution < -0.4 is 0 Å². The molecule has 0 fully saturated rings. The van der Waals surface area contributed by atoms with E-state index in [4.69, 9.17) is 10.4 Å². The third-order valence-corrected chi connectivity index (χ3v) is 2.52. The highest BCUT2D eigenvalue weighted by atomic mass is 19.1. The van der Waals surface area contributed by atoms with E-state index in [9.17, 15) is 4.39 Å². The summed E-state index contributed by atoms with van der Waals surface area (Å²) >= 11 is 0. The molecule has 5 nitrogen and oxygen atoms in total. The molecule has 0 bridgehead atoms. The number of halogens is 1. The Bertz CT molecular complexity index is 625. The van der Waals surface area contributed by atoms with Gasteiger partial charge >= 0.3 is 0 Å². The normalized spacial score (nSPS) is 10.8. The van der Waals surface area contributed by atoms with Crippen molar-refractivity contribution >= 4 is 12.2 Å². The average Bonchev–Trinajstić information content (AvgIpc) is 2.81. The summed E-state index contributed by atoms with van der Waals surface area (Å²) in [5.41, 5.74) is 1.76. The number of aliphatic hydroxyl groups excluding tert-OH is 1. The van der Waals surface area contributed by atoms with E-state index >= 15 is 0 Å². The first-order chi connectivity index (χ1) is 9.24. The fraction of sp³-hybridized carbons (Fsp3) is 0.154. The summed E-state index contributed by atoms with van der Waals surface area (Å²) in [6, 6.07) is 7.94. The molecule has 96 valence electrons. The molecule has 6 heteroatoms. The summed E-state index contributed by atoms with van der Waals surface area (Å²) in [7, 11) is 0. The lowest BCUT2D eigenvalue weighted by Gasteiger charge is -1.98. The van der Waals surface area contributed by atoms with Crippen LogP contribution in [0.5, 0.6) is 0 Å². The number of hydrogen-bond acceptors (Lipinski definition) is 4. The maximum Gasteiger partial charge on any atom is 0.130 e. The lowest BCUT2D eigenvalue weighted by Crippen LogP contribution is -2.01. The Balaban J connectivity index is 2.29. The van der Waals surface area contributed by atoms with E-state index in [2.05, 4.69) is 10.3 Å². The van der Waals surface area contributed by atoms with Crippen LogP contribution in [0, 0.1) is 17.1 Å². The van der Waals surface area contributed by atoms with E-state index in [1.807, 2.05) is 6.07 Å². The maximum absolute atomic E-state index is 12.8. The van der Waals surface area contributed by atoms with Gasteiger partial charge in [0, 0.05) is 0 Å². The van der Waals surface area contributed by atoms with E-state index in [1.165, 1.54) is 16.8 Å². The van der Waals surface area contributed by atoms with Crippen molar-refractivity contribution < 1.29 is 9.50 Å². The molecule has 19 heavy (non-hydrogen) atoms. The topological polar surface area (TPSA) is 74.7 Å². The fourth-order valence-electron chi connectivity index (χ4n) is 1.58. The number of benzene rings is 1. The Morgan fingerprint density at radius 2 is 2.05 bits per heavy atom. The smallest absolute Gasteiger partial charge is 0.130 e. The number of aliphatic hydroxyl groups is 1. The van der Waals surface area contributed by atoms with Gasteiger partial charge in [0.1, 0.15) is 18.1 Å². The Morgan fingerprint density at radius 3 is 2.68 bits per heavy atom. The number of rotatable bonds is 4. The van der Waals surface area contributed by atoms with Crippen molar-refractivity contribution in [3.8, 4) is 6.07 Å². The summed E-state index contributed by atoms with van der Waals surface area (Å²) in [6.07, 6.45) is 3.43. The van der Waals surface area contributed by atoms with Crippen molar-refractivity contribution in [2.45, 2.75) is 13.2 Å². The van der Waals surface area contributed by atoms with Crippen LogP contribution in [-0.2, 0) is 13.2 Å².